The highest BCUT2D eigenvalue weighted by Crippen LogP contribution is 2.41. The fraction of sp³-hybridized carbons (Fsp3) is 0.103. The minimum Gasteiger partial charge on any atom is -0.364 e. The molecule has 1 atom stereocenters. The predicted molar refractivity (Wildman–Crippen MR) is 157 cm³/mol. The van der Waals surface area contributed by atoms with Gasteiger partial charge in [-0.2, -0.15) is 0 Å². The maximum Gasteiger partial charge on any atom is 0.270 e. The zero-order chi connectivity index (χ0) is 27.4. The maximum atomic E-state index is 15.8. The number of hydrogen-bond acceptors (Lipinski definition) is 7. The van der Waals surface area contributed by atoms with Gasteiger partial charge >= 0.3 is 0 Å². The van der Waals surface area contributed by atoms with Gasteiger partial charge in [0, 0.05) is 22.8 Å². The first kappa shape index (κ1) is 27.0. The van der Waals surface area contributed by atoms with E-state index in [4.69, 9.17) is 5.73 Å². The third-order valence-corrected chi connectivity index (χ3v) is 8.91. The first-order valence-electron chi connectivity index (χ1n) is 12.0. The summed E-state index contributed by atoms with van der Waals surface area (Å²) in [6.45, 7) is 1.98. The third-order valence-electron chi connectivity index (χ3n) is 6.03. The van der Waals surface area contributed by atoms with Crippen LogP contribution in [0, 0.1) is 12.7 Å². The summed E-state index contributed by atoms with van der Waals surface area (Å²) in [5.41, 5.74) is 8.94. The van der Waals surface area contributed by atoms with Gasteiger partial charge in [0.25, 0.3) is 5.91 Å². The molecule has 0 radical (unpaired) electrons. The van der Waals surface area contributed by atoms with Crippen molar-refractivity contribution in [1.82, 2.24) is 15.0 Å². The number of hydrogen-bond donors (Lipinski definition) is 2. The molecule has 0 aliphatic heterocycles. The second-order valence-corrected chi connectivity index (χ2v) is 12.0. The highest BCUT2D eigenvalue weighted by molar-refractivity contribution is 9.10. The van der Waals surface area contributed by atoms with Gasteiger partial charge in [-0.25, -0.2) is 19.3 Å². The number of nitrogens with zero attached hydrogens (tertiary/aromatic N) is 3. The Bertz CT molecular complexity index is 1630. The first-order valence-corrected chi connectivity index (χ1v) is 14.4. The predicted octanol–water partition coefficient (Wildman–Crippen LogP) is 7.51. The molecule has 0 saturated heterocycles. The summed E-state index contributed by atoms with van der Waals surface area (Å²) >= 11 is 6.25. The first-order chi connectivity index (χ1) is 18.9. The number of pyridine rings is 2. The molecule has 10 heteroatoms. The number of amides is 1. The molecular weight excluding hydrogens is 597 g/mol. The molecule has 6 nitrogen and oxygen atoms in total. The fourth-order valence-electron chi connectivity index (χ4n) is 4.18. The summed E-state index contributed by atoms with van der Waals surface area (Å²) in [6.07, 6.45) is 5.40. The number of aryl methyl sites for hydroxylation is 1. The van der Waals surface area contributed by atoms with E-state index in [9.17, 15) is 4.79 Å². The van der Waals surface area contributed by atoms with E-state index in [1.807, 2.05) is 55.5 Å². The van der Waals surface area contributed by atoms with Gasteiger partial charge in [0.2, 0.25) is 0 Å². The number of carbonyl (C=O) groups is 1. The molecule has 3 heterocycles. The zero-order valence-corrected chi connectivity index (χ0v) is 24.0. The smallest absolute Gasteiger partial charge is 0.270 e. The number of halogens is 2. The number of carbonyl (C=O) groups excluding carboxylic acids is 1. The van der Waals surface area contributed by atoms with E-state index in [1.165, 1.54) is 23.1 Å². The molecule has 39 heavy (non-hydrogen) atoms. The van der Waals surface area contributed by atoms with Gasteiger partial charge in [0.15, 0.2) is 16.6 Å². The lowest BCUT2D eigenvalue weighted by atomic mass is 9.86. The highest BCUT2D eigenvalue weighted by Gasteiger charge is 2.24. The molecule has 2 aromatic carbocycles. The third kappa shape index (κ3) is 6.35. The second-order valence-electron chi connectivity index (χ2n) is 8.76. The average molecular weight is 621 g/mol. The Morgan fingerprint density at radius 1 is 1.08 bits per heavy atom. The van der Waals surface area contributed by atoms with Crippen LogP contribution in [0.25, 0.3) is 0 Å². The van der Waals surface area contributed by atoms with Gasteiger partial charge in [0.05, 0.1) is 15.3 Å². The van der Waals surface area contributed by atoms with Crippen LogP contribution in [-0.4, -0.2) is 20.9 Å². The summed E-state index contributed by atoms with van der Waals surface area (Å²) in [4.78, 5) is 25.1. The maximum absolute atomic E-state index is 15.8. The van der Waals surface area contributed by atoms with Crippen LogP contribution in [0.2, 0.25) is 0 Å². The molecule has 3 N–H and O–H groups in total. The van der Waals surface area contributed by atoms with E-state index in [2.05, 4.69) is 54.4 Å². The minimum atomic E-state index is -0.913. The van der Waals surface area contributed by atoms with E-state index >= 15 is 4.39 Å². The van der Waals surface area contributed by atoms with Gasteiger partial charge in [-0.15, -0.1) is 0 Å². The molecule has 0 aliphatic carbocycles. The molecule has 3 aromatic heterocycles. The lowest BCUT2D eigenvalue weighted by Gasteiger charge is -2.21. The van der Waals surface area contributed by atoms with Crippen molar-refractivity contribution >= 4 is 55.9 Å². The molecule has 0 aliphatic rings. The van der Waals surface area contributed by atoms with Crippen molar-refractivity contribution < 1.29 is 9.18 Å². The molecule has 1 unspecified atom stereocenters. The number of nitrogens with two attached hydrogens (primary N) is 1. The van der Waals surface area contributed by atoms with E-state index in [0.717, 1.165) is 25.4 Å². The Hall–Kier alpha value is -3.60. The molecule has 5 aromatic rings. The van der Waals surface area contributed by atoms with Crippen molar-refractivity contribution in [2.24, 2.45) is 5.73 Å². The molecule has 196 valence electrons. The number of primary amides is 1. The van der Waals surface area contributed by atoms with Crippen molar-refractivity contribution in [3.63, 3.8) is 0 Å². The molecule has 5 rings (SSSR count). The fourth-order valence-corrected chi connectivity index (χ4v) is 6.71. The van der Waals surface area contributed by atoms with E-state index < -0.39 is 11.7 Å². The highest BCUT2D eigenvalue weighted by atomic mass is 79.9. The van der Waals surface area contributed by atoms with Crippen molar-refractivity contribution in [2.45, 2.75) is 28.4 Å². The lowest BCUT2D eigenvalue weighted by Crippen LogP contribution is -2.17. The average Bonchev–Trinajstić information content (AvgIpc) is 3.36. The van der Waals surface area contributed by atoms with Crippen LogP contribution in [0.5, 0.6) is 0 Å². The number of anilines is 2. The monoisotopic (exact) mass is 619 g/mol. The molecule has 0 spiro atoms. The molecular formula is C29H23BrFN5OS2. The van der Waals surface area contributed by atoms with Crippen LogP contribution in [0.4, 0.5) is 15.3 Å². The molecule has 0 fully saturated rings. The molecule has 0 bridgehead atoms. The number of nitrogens with one attached hydrogen (secondary N) is 1. The van der Waals surface area contributed by atoms with Crippen LogP contribution < -0.4 is 11.1 Å². The topological polar surface area (TPSA) is 93.8 Å². The minimum absolute atomic E-state index is 0.0900. The summed E-state index contributed by atoms with van der Waals surface area (Å²) < 4.78 is 17.5. The van der Waals surface area contributed by atoms with E-state index in [-0.39, 0.29) is 11.6 Å². The van der Waals surface area contributed by atoms with Crippen LogP contribution in [0.1, 0.15) is 38.7 Å². The second kappa shape index (κ2) is 12.1. The normalized spacial score (nSPS) is 11.8. The Kier molecular flexibility index (Phi) is 8.35. The van der Waals surface area contributed by atoms with Crippen molar-refractivity contribution in [2.75, 3.05) is 5.32 Å². The van der Waals surface area contributed by atoms with Gasteiger partial charge < -0.3 is 11.1 Å². The van der Waals surface area contributed by atoms with Crippen LogP contribution >= 0.6 is 39.0 Å². The largest absolute Gasteiger partial charge is 0.364 e. The summed E-state index contributed by atoms with van der Waals surface area (Å²) in [5.74, 6) is -1.06. The number of benzene rings is 2. The summed E-state index contributed by atoms with van der Waals surface area (Å²) in [6, 6.07) is 21.9. The molecule has 0 saturated carbocycles. The van der Waals surface area contributed by atoms with Crippen LogP contribution in [0.3, 0.4) is 0 Å². The van der Waals surface area contributed by atoms with Crippen LogP contribution in [-0.2, 0) is 6.42 Å². The van der Waals surface area contributed by atoms with Crippen molar-refractivity contribution in [1.29, 1.82) is 0 Å². The Morgan fingerprint density at radius 2 is 1.85 bits per heavy atom. The van der Waals surface area contributed by atoms with Gasteiger partial charge in [-0.3, -0.25) is 4.79 Å². The summed E-state index contributed by atoms with van der Waals surface area (Å²) in [5, 5.41) is 3.81. The Morgan fingerprint density at radius 3 is 2.59 bits per heavy atom. The molecule has 1 amide bonds. The number of aromatic nitrogens is 3. The zero-order valence-electron chi connectivity index (χ0n) is 20.8. The quantitative estimate of drug-likeness (QED) is 0.177. The summed E-state index contributed by atoms with van der Waals surface area (Å²) in [7, 11) is 0. The van der Waals surface area contributed by atoms with Gasteiger partial charge in [-0.1, -0.05) is 87.6 Å². The van der Waals surface area contributed by atoms with E-state index in [1.54, 1.807) is 18.6 Å². The Balaban J connectivity index is 1.51. The van der Waals surface area contributed by atoms with Gasteiger partial charge in [-0.05, 0) is 53.8 Å². The Labute approximate surface area is 242 Å². The lowest BCUT2D eigenvalue weighted by molar-refractivity contribution is 0.0990. The standard InChI is InChI=1S/C29H23BrFN5OS2/c1-17-11-12-33-23(13-17)36-29-35-16-24(39-29)38-27-19(15-34-26(25(27)31)28(32)37)14-21(18-7-3-2-4-8-18)20-9-5-6-10-22(20)30/h2-13,15-16,21H,14H2,1H3,(H2,32,37)(H,33,35,36). The van der Waals surface area contributed by atoms with Gasteiger partial charge in [0.1, 0.15) is 5.82 Å². The van der Waals surface area contributed by atoms with Crippen LogP contribution in [0.15, 0.2) is 98.9 Å². The van der Waals surface area contributed by atoms with E-state index in [0.29, 0.717) is 27.8 Å². The van der Waals surface area contributed by atoms with Crippen molar-refractivity contribution in [3.05, 3.63) is 124 Å². The van der Waals surface area contributed by atoms with Crippen molar-refractivity contribution in [3.8, 4) is 0 Å². The SMILES string of the molecule is Cc1ccnc(Nc2ncc(Sc3c(CC(c4ccccc4)c4ccccc4Br)cnc(C(N)=O)c3F)s2)c1. The number of thiazole rings is 1. The number of rotatable bonds is 9.